The number of hydrogen-bond acceptors (Lipinski definition) is 6. The van der Waals surface area contributed by atoms with Gasteiger partial charge in [0.1, 0.15) is 11.8 Å². The van der Waals surface area contributed by atoms with Gasteiger partial charge in [-0.1, -0.05) is 6.08 Å². The molecule has 1 aromatic rings. The van der Waals surface area contributed by atoms with Gasteiger partial charge >= 0.3 is 0 Å². The monoisotopic (exact) mass is 501 g/mol. The van der Waals surface area contributed by atoms with Crippen LogP contribution < -0.4 is 5.32 Å². The molecule has 1 saturated heterocycles. The van der Waals surface area contributed by atoms with Crippen LogP contribution in [0.4, 0.5) is 0 Å². The Morgan fingerprint density at radius 3 is 2.83 bits per heavy atom. The molecule has 0 radical (unpaired) electrons. The zero-order chi connectivity index (χ0) is 20.2. The van der Waals surface area contributed by atoms with Gasteiger partial charge in [-0.3, -0.25) is 9.89 Å². The number of nitrogens with one attached hydrogen (secondary N) is 2. The molecule has 8 heteroatoms. The Hall–Kier alpha value is -2.14. The van der Waals surface area contributed by atoms with E-state index in [0.717, 1.165) is 55.6 Å². The summed E-state index contributed by atoms with van der Waals surface area (Å²) in [6.45, 7) is 5.00. The minimum atomic E-state index is -0.119. The predicted octanol–water partition coefficient (Wildman–Crippen LogP) is 2.40. The van der Waals surface area contributed by atoms with Crippen molar-refractivity contribution in [2.45, 2.75) is 25.6 Å². The summed E-state index contributed by atoms with van der Waals surface area (Å²) in [6, 6.07) is 4.54. The molecule has 2 N–H and O–H groups in total. The number of aryl methyl sites for hydroxylation is 1. The quantitative estimate of drug-likeness (QED) is 0.605. The molecular formula is C21H24IN7. The van der Waals surface area contributed by atoms with E-state index in [1.54, 1.807) is 12.3 Å². The Morgan fingerprint density at radius 1 is 1.24 bits per heavy atom. The van der Waals surface area contributed by atoms with Crippen LogP contribution in [0, 0.1) is 28.6 Å². The summed E-state index contributed by atoms with van der Waals surface area (Å²) in [4.78, 5) is 12.6. The molecule has 3 heterocycles. The molecule has 7 nitrogen and oxygen atoms in total. The highest BCUT2D eigenvalue weighted by Crippen LogP contribution is 2.35. The van der Waals surface area contributed by atoms with Gasteiger partial charge in [0.15, 0.2) is 6.29 Å². The van der Waals surface area contributed by atoms with Gasteiger partial charge in [-0.2, -0.15) is 10.5 Å². The molecule has 0 amide bonds. The van der Waals surface area contributed by atoms with Gasteiger partial charge in [0.2, 0.25) is 0 Å². The molecule has 1 aromatic heterocycles. The molecule has 0 saturated carbocycles. The minimum absolute atomic E-state index is 0.00974. The molecule has 2 aliphatic heterocycles. The Labute approximate surface area is 184 Å². The third-order valence-electron chi connectivity index (χ3n) is 5.80. The number of piperazine rings is 1. The maximum absolute atomic E-state index is 9.30. The van der Waals surface area contributed by atoms with Crippen LogP contribution >= 0.6 is 22.6 Å². The van der Waals surface area contributed by atoms with Crippen molar-refractivity contribution in [3.8, 4) is 12.1 Å². The maximum Gasteiger partial charge on any atom is 0.176 e. The largest absolute Gasteiger partial charge is 0.360 e. The van der Waals surface area contributed by atoms with Gasteiger partial charge in [-0.15, -0.1) is 0 Å². The predicted molar refractivity (Wildman–Crippen MR) is 121 cm³/mol. The van der Waals surface area contributed by atoms with Crippen molar-refractivity contribution in [3.05, 3.63) is 40.9 Å². The number of aromatic nitrogens is 1. The van der Waals surface area contributed by atoms with Crippen molar-refractivity contribution >= 4 is 32.4 Å². The molecule has 0 spiro atoms. The fraction of sp³-hybridized carbons (Fsp3) is 0.476. The molecule has 3 aliphatic rings. The third kappa shape index (κ3) is 4.55. The second-order valence-corrected chi connectivity index (χ2v) is 8.77. The van der Waals surface area contributed by atoms with Crippen molar-refractivity contribution in [2.75, 3.05) is 32.7 Å². The number of aromatic amines is 1. The zero-order valence-corrected chi connectivity index (χ0v) is 18.4. The van der Waals surface area contributed by atoms with Crippen LogP contribution in [0.5, 0.6) is 0 Å². The molecule has 1 aliphatic carbocycles. The number of hydrogen-bond donors (Lipinski definition) is 2. The number of allylic oxidation sites excluding steroid dienone is 3. The fourth-order valence-corrected chi connectivity index (χ4v) is 5.10. The van der Waals surface area contributed by atoms with Crippen LogP contribution in [-0.2, 0) is 12.8 Å². The van der Waals surface area contributed by atoms with Crippen molar-refractivity contribution in [2.24, 2.45) is 10.9 Å². The number of H-pyrrole nitrogens is 1. The molecule has 0 bridgehead atoms. The van der Waals surface area contributed by atoms with Crippen molar-refractivity contribution in [1.29, 1.82) is 10.5 Å². The Bertz CT molecular complexity index is 922. The number of nitriles is 2. The normalized spacial score (nSPS) is 24.7. The van der Waals surface area contributed by atoms with Gasteiger partial charge in [0.25, 0.3) is 0 Å². The molecule has 29 heavy (non-hydrogen) atoms. The van der Waals surface area contributed by atoms with Gasteiger partial charge in [0.05, 0.1) is 17.7 Å². The van der Waals surface area contributed by atoms with E-state index in [0.29, 0.717) is 5.70 Å². The van der Waals surface area contributed by atoms with Gasteiger partial charge < -0.3 is 15.2 Å². The maximum atomic E-state index is 9.30. The smallest absolute Gasteiger partial charge is 0.176 e. The molecule has 1 fully saturated rings. The van der Waals surface area contributed by atoms with Gasteiger partial charge in [-0.05, 0) is 65.6 Å². The topological polar surface area (TPSA) is 94.2 Å². The Balaban J connectivity index is 1.24. The summed E-state index contributed by atoms with van der Waals surface area (Å²) >= 11 is 2.33. The highest BCUT2D eigenvalue weighted by atomic mass is 127. The van der Waals surface area contributed by atoms with E-state index in [9.17, 15) is 5.26 Å². The highest BCUT2D eigenvalue weighted by molar-refractivity contribution is 14.1. The van der Waals surface area contributed by atoms with Crippen LogP contribution in [0.3, 0.4) is 0 Å². The molecule has 4 rings (SSSR count). The zero-order valence-electron chi connectivity index (χ0n) is 16.2. The van der Waals surface area contributed by atoms with E-state index in [4.69, 9.17) is 5.26 Å². The summed E-state index contributed by atoms with van der Waals surface area (Å²) < 4.78 is 1.16. The first-order chi connectivity index (χ1) is 14.2. The van der Waals surface area contributed by atoms with Crippen LogP contribution in [0.1, 0.15) is 23.2 Å². The van der Waals surface area contributed by atoms with Crippen LogP contribution in [-0.4, -0.2) is 60.0 Å². The first-order valence-corrected chi connectivity index (χ1v) is 11.1. The van der Waals surface area contributed by atoms with Crippen molar-refractivity contribution in [3.63, 3.8) is 0 Å². The fourth-order valence-electron chi connectivity index (χ4n) is 4.19. The van der Waals surface area contributed by atoms with E-state index in [1.165, 1.54) is 16.8 Å². The molecular weight excluding hydrogens is 477 g/mol. The first kappa shape index (κ1) is 20.1. The molecule has 0 aromatic carbocycles. The summed E-state index contributed by atoms with van der Waals surface area (Å²) in [5.74, 6) is -0.00974. The molecule has 2 atom stereocenters. The second kappa shape index (κ2) is 9.12. The first-order valence-electron chi connectivity index (χ1n) is 10.0. The van der Waals surface area contributed by atoms with Crippen LogP contribution in [0.25, 0.3) is 3.58 Å². The number of aliphatic imine (C=N–C) groups is 1. The average molecular weight is 501 g/mol. The van der Waals surface area contributed by atoms with E-state index in [2.05, 4.69) is 72.1 Å². The Morgan fingerprint density at radius 2 is 2.07 bits per heavy atom. The number of nitrogens with zero attached hydrogens (tertiary/aromatic N) is 5. The summed E-state index contributed by atoms with van der Waals surface area (Å²) in [7, 11) is 0. The van der Waals surface area contributed by atoms with Gasteiger partial charge in [0, 0.05) is 42.2 Å². The standard InChI is InChI=1S/C21H24IN7/c22-19-11-15(12-23)10-18-16(14-26-20(18)19)2-1-5-28-6-8-29(9-7-28)21-25-4-3-17(13-24)27-21/h3-4,11,14-15,21,26-27H,1-2,5-10H2. The minimum Gasteiger partial charge on any atom is -0.360 e. The Kier molecular flexibility index (Phi) is 6.34. The number of fused-ring (bicyclic) bond motifs is 1. The van der Waals surface area contributed by atoms with E-state index in [-0.39, 0.29) is 12.2 Å². The van der Waals surface area contributed by atoms with Crippen molar-refractivity contribution in [1.82, 2.24) is 20.1 Å². The van der Waals surface area contributed by atoms with Gasteiger partial charge in [-0.25, -0.2) is 0 Å². The second-order valence-electron chi connectivity index (χ2n) is 7.61. The highest BCUT2D eigenvalue weighted by Gasteiger charge is 2.25. The lowest BCUT2D eigenvalue weighted by Gasteiger charge is -2.38. The summed E-state index contributed by atoms with van der Waals surface area (Å²) in [6.07, 6.45) is 10.5. The summed E-state index contributed by atoms with van der Waals surface area (Å²) in [5, 5.41) is 21.5. The lowest BCUT2D eigenvalue weighted by atomic mass is 9.91. The summed E-state index contributed by atoms with van der Waals surface area (Å²) in [5.41, 5.74) is 4.46. The van der Waals surface area contributed by atoms with Crippen LogP contribution in [0.15, 0.2) is 29.0 Å². The molecule has 150 valence electrons. The van der Waals surface area contributed by atoms with E-state index < -0.39 is 0 Å². The molecule has 2 unspecified atom stereocenters. The lowest BCUT2D eigenvalue weighted by Crippen LogP contribution is -2.54. The third-order valence-corrected chi connectivity index (χ3v) is 6.70. The van der Waals surface area contributed by atoms with E-state index in [1.807, 2.05) is 0 Å². The number of rotatable bonds is 5. The average Bonchev–Trinajstić information content (AvgIpc) is 3.17. The van der Waals surface area contributed by atoms with Crippen LogP contribution in [0.2, 0.25) is 0 Å². The SMILES string of the molecule is N#CC1=CC=NC(N2CCN(CCCc3c[nH]c4c3CC(C#N)C=C4I)CC2)N1. The van der Waals surface area contributed by atoms with Crippen molar-refractivity contribution < 1.29 is 0 Å². The van der Waals surface area contributed by atoms with E-state index >= 15 is 0 Å². The lowest BCUT2D eigenvalue weighted by molar-refractivity contribution is 0.0889. The number of halogens is 1.